The van der Waals surface area contributed by atoms with Crippen LogP contribution in [0.1, 0.15) is 5.56 Å². The molecule has 1 unspecified atom stereocenters. The molecule has 82 valence electrons. The first kappa shape index (κ1) is 12.1. The third-order valence-electron chi connectivity index (χ3n) is 1.86. The van der Waals surface area contributed by atoms with Crippen LogP contribution >= 0.6 is 15.9 Å². The molecule has 15 heavy (non-hydrogen) atoms. The summed E-state index contributed by atoms with van der Waals surface area (Å²) in [7, 11) is 1.23. The van der Waals surface area contributed by atoms with Crippen molar-refractivity contribution >= 4 is 21.9 Å². The van der Waals surface area contributed by atoms with E-state index in [1.165, 1.54) is 7.11 Å². The Balaban J connectivity index is 2.80. The molecule has 1 rings (SSSR count). The molecule has 5 heteroatoms. The Labute approximate surface area is 94.4 Å². The van der Waals surface area contributed by atoms with Gasteiger partial charge in [0.15, 0.2) is 0 Å². The topological polar surface area (TPSA) is 26.3 Å². The highest BCUT2D eigenvalue weighted by molar-refractivity contribution is 9.10. The predicted molar refractivity (Wildman–Crippen MR) is 54.8 cm³/mol. The van der Waals surface area contributed by atoms with Crippen molar-refractivity contribution in [1.82, 2.24) is 0 Å². The van der Waals surface area contributed by atoms with Gasteiger partial charge in [0.2, 0.25) is 0 Å². The first-order valence-corrected chi connectivity index (χ1v) is 5.12. The van der Waals surface area contributed by atoms with E-state index in [4.69, 9.17) is 0 Å². The average molecular weight is 279 g/mol. The van der Waals surface area contributed by atoms with Crippen LogP contribution < -0.4 is 0 Å². The van der Waals surface area contributed by atoms with Crippen molar-refractivity contribution in [3.63, 3.8) is 0 Å². The summed E-state index contributed by atoms with van der Waals surface area (Å²) >= 11 is 3.04. The number of hydrogen-bond donors (Lipinski definition) is 0. The summed E-state index contributed by atoms with van der Waals surface area (Å²) in [6.45, 7) is 0. The molecular formula is C10H9BrF2O2. The first-order chi connectivity index (χ1) is 7.04. The lowest BCUT2D eigenvalue weighted by atomic mass is 10.1. The molecule has 0 N–H and O–H groups in total. The fourth-order valence-corrected chi connectivity index (χ4v) is 1.64. The lowest BCUT2D eigenvalue weighted by molar-refractivity contribution is -0.139. The van der Waals surface area contributed by atoms with Gasteiger partial charge in [-0.1, -0.05) is 15.9 Å². The fraction of sp³-hybridized carbons (Fsp3) is 0.300. The molecule has 0 amide bonds. The molecule has 0 aromatic heterocycles. The minimum Gasteiger partial charge on any atom is -0.468 e. The van der Waals surface area contributed by atoms with Crippen molar-refractivity contribution in [3.05, 3.63) is 35.4 Å². The van der Waals surface area contributed by atoms with E-state index in [9.17, 15) is 13.6 Å². The highest BCUT2D eigenvalue weighted by atomic mass is 79.9. The van der Waals surface area contributed by atoms with Gasteiger partial charge in [0.1, 0.15) is 16.5 Å². The van der Waals surface area contributed by atoms with E-state index in [0.29, 0.717) is 0 Å². The Bertz CT molecular complexity index is 368. The number of alkyl halides is 1. The number of methoxy groups -OCH3 is 1. The Hall–Kier alpha value is -0.970. The van der Waals surface area contributed by atoms with Gasteiger partial charge in [0.05, 0.1) is 7.11 Å². The van der Waals surface area contributed by atoms with Crippen LogP contribution in [0.15, 0.2) is 18.2 Å². The van der Waals surface area contributed by atoms with Gasteiger partial charge in [-0.05, 0) is 30.2 Å². The van der Waals surface area contributed by atoms with E-state index in [-0.39, 0.29) is 12.0 Å². The standard InChI is InChI=1S/C10H9BrF2O2/c1-15-10(14)8(11)5-6-4-7(12)2-3-9(6)13/h2-4,8H,5H2,1H3. The van der Waals surface area contributed by atoms with Gasteiger partial charge in [-0.25, -0.2) is 8.78 Å². The molecular weight excluding hydrogens is 270 g/mol. The summed E-state index contributed by atoms with van der Waals surface area (Å²) in [6, 6.07) is 3.12. The van der Waals surface area contributed by atoms with E-state index < -0.39 is 22.4 Å². The molecule has 0 bridgehead atoms. The molecule has 1 atom stereocenters. The van der Waals surface area contributed by atoms with Gasteiger partial charge < -0.3 is 4.74 Å². The molecule has 1 aromatic carbocycles. The number of carbonyl (C=O) groups excluding carboxylic acids is 1. The maximum Gasteiger partial charge on any atom is 0.319 e. The van der Waals surface area contributed by atoms with Gasteiger partial charge in [-0.2, -0.15) is 0 Å². The zero-order valence-electron chi connectivity index (χ0n) is 7.97. The second-order valence-corrected chi connectivity index (χ2v) is 4.04. The predicted octanol–water partition coefficient (Wildman–Crippen LogP) is 2.44. The number of rotatable bonds is 3. The van der Waals surface area contributed by atoms with Crippen molar-refractivity contribution in [1.29, 1.82) is 0 Å². The largest absolute Gasteiger partial charge is 0.468 e. The normalized spacial score (nSPS) is 12.3. The van der Waals surface area contributed by atoms with E-state index in [1.807, 2.05) is 0 Å². The second kappa shape index (κ2) is 5.21. The first-order valence-electron chi connectivity index (χ1n) is 4.20. The molecule has 0 aliphatic rings. The molecule has 0 radical (unpaired) electrons. The third-order valence-corrected chi connectivity index (χ3v) is 2.56. The Morgan fingerprint density at radius 1 is 1.53 bits per heavy atom. The zero-order valence-corrected chi connectivity index (χ0v) is 9.55. The van der Waals surface area contributed by atoms with Gasteiger partial charge in [0, 0.05) is 0 Å². The van der Waals surface area contributed by atoms with Crippen LogP contribution in [-0.4, -0.2) is 17.9 Å². The minimum absolute atomic E-state index is 0.0519. The molecule has 2 nitrogen and oxygen atoms in total. The maximum absolute atomic E-state index is 13.2. The van der Waals surface area contributed by atoms with Gasteiger partial charge in [-0.3, -0.25) is 4.79 Å². The maximum atomic E-state index is 13.2. The SMILES string of the molecule is COC(=O)C(Br)Cc1cc(F)ccc1F. The van der Waals surface area contributed by atoms with Gasteiger partial charge in [0.25, 0.3) is 0 Å². The van der Waals surface area contributed by atoms with Crippen LogP contribution in [0.25, 0.3) is 0 Å². The molecule has 0 aliphatic heterocycles. The van der Waals surface area contributed by atoms with E-state index in [2.05, 4.69) is 20.7 Å². The molecule has 0 spiro atoms. The summed E-state index contributed by atoms with van der Waals surface area (Å²) in [5.41, 5.74) is 0.141. The lowest BCUT2D eigenvalue weighted by Gasteiger charge is -2.08. The van der Waals surface area contributed by atoms with Crippen molar-refractivity contribution < 1.29 is 18.3 Å². The van der Waals surface area contributed by atoms with E-state index in [1.54, 1.807) is 0 Å². The average Bonchev–Trinajstić information content (AvgIpc) is 2.22. The number of hydrogen-bond acceptors (Lipinski definition) is 2. The summed E-state index contributed by atoms with van der Waals surface area (Å²) in [5, 5.41) is 0. The summed E-state index contributed by atoms with van der Waals surface area (Å²) in [6.07, 6.45) is 0.0519. The summed E-state index contributed by atoms with van der Waals surface area (Å²) in [5.74, 6) is -1.58. The fourth-order valence-electron chi connectivity index (χ4n) is 1.10. The van der Waals surface area contributed by atoms with E-state index >= 15 is 0 Å². The van der Waals surface area contributed by atoms with Crippen molar-refractivity contribution in [2.24, 2.45) is 0 Å². The number of esters is 1. The van der Waals surface area contributed by atoms with Crippen LogP contribution in [-0.2, 0) is 16.0 Å². The van der Waals surface area contributed by atoms with Crippen molar-refractivity contribution in [2.75, 3.05) is 7.11 Å². The van der Waals surface area contributed by atoms with E-state index in [0.717, 1.165) is 18.2 Å². The molecule has 0 aliphatic carbocycles. The molecule has 0 saturated carbocycles. The molecule has 0 heterocycles. The quantitative estimate of drug-likeness (QED) is 0.627. The Kier molecular flexibility index (Phi) is 4.20. The highest BCUT2D eigenvalue weighted by Crippen LogP contribution is 2.16. The number of ether oxygens (including phenoxy) is 1. The second-order valence-electron chi connectivity index (χ2n) is 2.93. The van der Waals surface area contributed by atoms with Gasteiger partial charge >= 0.3 is 5.97 Å². The van der Waals surface area contributed by atoms with Gasteiger partial charge in [-0.15, -0.1) is 0 Å². The molecule has 1 aromatic rings. The minimum atomic E-state index is -0.668. The monoisotopic (exact) mass is 278 g/mol. The molecule has 0 fully saturated rings. The summed E-state index contributed by atoms with van der Waals surface area (Å²) < 4.78 is 30.4. The van der Waals surface area contributed by atoms with Crippen LogP contribution in [0.2, 0.25) is 0 Å². The van der Waals surface area contributed by atoms with Crippen LogP contribution in [0, 0.1) is 11.6 Å². The van der Waals surface area contributed by atoms with Crippen molar-refractivity contribution in [2.45, 2.75) is 11.2 Å². The smallest absolute Gasteiger partial charge is 0.319 e. The number of benzene rings is 1. The Morgan fingerprint density at radius 2 is 2.20 bits per heavy atom. The van der Waals surface area contributed by atoms with Crippen molar-refractivity contribution in [3.8, 4) is 0 Å². The number of halogens is 3. The van der Waals surface area contributed by atoms with Crippen LogP contribution in [0.4, 0.5) is 8.78 Å². The number of carbonyl (C=O) groups is 1. The van der Waals surface area contributed by atoms with Crippen LogP contribution in [0.3, 0.4) is 0 Å². The third kappa shape index (κ3) is 3.27. The lowest BCUT2D eigenvalue weighted by Crippen LogP contribution is -2.18. The summed E-state index contributed by atoms with van der Waals surface area (Å²) in [4.78, 5) is 10.4. The molecule has 0 saturated heterocycles. The zero-order chi connectivity index (χ0) is 11.4. The van der Waals surface area contributed by atoms with Crippen LogP contribution in [0.5, 0.6) is 0 Å². The highest BCUT2D eigenvalue weighted by Gasteiger charge is 2.17. The Morgan fingerprint density at radius 3 is 2.80 bits per heavy atom.